The minimum Gasteiger partial charge on any atom is -0.481 e. The quantitative estimate of drug-likeness (QED) is 0.531. The van der Waals surface area contributed by atoms with Gasteiger partial charge >= 0.3 is 11.9 Å². The zero-order valence-corrected chi connectivity index (χ0v) is 11.2. The summed E-state index contributed by atoms with van der Waals surface area (Å²) in [5, 5.41) is 11.7. The van der Waals surface area contributed by atoms with Crippen LogP contribution >= 0.6 is 0 Å². The molecular weight excluding hydrogens is 250 g/mol. The van der Waals surface area contributed by atoms with E-state index >= 15 is 0 Å². The summed E-state index contributed by atoms with van der Waals surface area (Å²) in [4.78, 5) is 33.9. The van der Waals surface area contributed by atoms with Crippen molar-refractivity contribution in [3.8, 4) is 0 Å². The summed E-state index contributed by atoms with van der Waals surface area (Å²) in [5.41, 5.74) is 0. The molecule has 108 valence electrons. The van der Waals surface area contributed by atoms with Crippen LogP contribution in [-0.2, 0) is 19.1 Å². The van der Waals surface area contributed by atoms with Gasteiger partial charge in [0.1, 0.15) is 0 Å². The molecular formula is C13H21NO5. The molecule has 2 N–H and O–H groups in total. The van der Waals surface area contributed by atoms with Gasteiger partial charge in [-0.1, -0.05) is 6.42 Å². The molecule has 0 heterocycles. The van der Waals surface area contributed by atoms with E-state index in [1.807, 2.05) is 0 Å². The molecule has 1 rings (SSSR count). The molecule has 1 saturated carbocycles. The van der Waals surface area contributed by atoms with Gasteiger partial charge in [-0.15, -0.1) is 0 Å². The first-order valence-corrected chi connectivity index (χ1v) is 6.72. The fraction of sp³-hybridized carbons (Fsp3) is 0.769. The lowest BCUT2D eigenvalue weighted by Crippen LogP contribution is -2.35. The van der Waals surface area contributed by atoms with Crippen LogP contribution < -0.4 is 5.32 Å². The van der Waals surface area contributed by atoms with Crippen molar-refractivity contribution in [1.82, 2.24) is 5.32 Å². The Morgan fingerprint density at radius 1 is 1.26 bits per heavy atom. The van der Waals surface area contributed by atoms with Crippen molar-refractivity contribution >= 4 is 17.8 Å². The number of hydrogen-bond donors (Lipinski definition) is 2. The average molecular weight is 271 g/mol. The van der Waals surface area contributed by atoms with Crippen LogP contribution in [0.25, 0.3) is 0 Å². The SMILES string of the molecule is CCOC(=O)CCCNC(=O)[C@@H]1CCC[C@@H]1C(=O)O. The van der Waals surface area contributed by atoms with Gasteiger partial charge in [0.15, 0.2) is 0 Å². The van der Waals surface area contributed by atoms with E-state index in [4.69, 9.17) is 9.84 Å². The summed E-state index contributed by atoms with van der Waals surface area (Å²) in [6.45, 7) is 2.47. The molecule has 0 radical (unpaired) electrons. The van der Waals surface area contributed by atoms with Crippen LogP contribution in [0, 0.1) is 11.8 Å². The lowest BCUT2D eigenvalue weighted by atomic mass is 9.95. The predicted molar refractivity (Wildman–Crippen MR) is 67.3 cm³/mol. The number of carboxylic acid groups (broad SMARTS) is 1. The third-order valence-corrected chi connectivity index (χ3v) is 3.33. The molecule has 6 nitrogen and oxygen atoms in total. The van der Waals surface area contributed by atoms with E-state index in [1.54, 1.807) is 6.92 Å². The van der Waals surface area contributed by atoms with Crippen molar-refractivity contribution in [3.63, 3.8) is 0 Å². The van der Waals surface area contributed by atoms with E-state index < -0.39 is 17.8 Å². The average Bonchev–Trinajstić information content (AvgIpc) is 2.84. The lowest BCUT2D eigenvalue weighted by Gasteiger charge is -2.15. The summed E-state index contributed by atoms with van der Waals surface area (Å²) in [6, 6.07) is 0. The number of esters is 1. The standard InChI is InChI=1S/C13H21NO5/c1-2-19-11(15)7-4-8-14-12(16)9-5-3-6-10(9)13(17)18/h9-10H,2-8H2,1H3,(H,14,16)(H,17,18)/t9-,10+/m1/s1. The van der Waals surface area contributed by atoms with Crippen LogP contribution in [0.15, 0.2) is 0 Å². The van der Waals surface area contributed by atoms with E-state index in [0.29, 0.717) is 32.4 Å². The van der Waals surface area contributed by atoms with Crippen LogP contribution in [0.4, 0.5) is 0 Å². The number of amides is 1. The van der Waals surface area contributed by atoms with Gasteiger partial charge in [0.05, 0.1) is 18.4 Å². The Balaban J connectivity index is 2.24. The minimum absolute atomic E-state index is 0.214. The van der Waals surface area contributed by atoms with Gasteiger partial charge in [0, 0.05) is 13.0 Å². The van der Waals surface area contributed by atoms with Gasteiger partial charge < -0.3 is 15.2 Å². The maximum absolute atomic E-state index is 11.8. The molecule has 0 aromatic heterocycles. The molecule has 1 amide bonds. The number of carbonyl (C=O) groups excluding carboxylic acids is 2. The molecule has 0 aromatic carbocycles. The van der Waals surface area contributed by atoms with Crippen LogP contribution in [0.5, 0.6) is 0 Å². The number of hydrogen-bond acceptors (Lipinski definition) is 4. The van der Waals surface area contributed by atoms with Gasteiger partial charge in [0.25, 0.3) is 0 Å². The van der Waals surface area contributed by atoms with Crippen LogP contribution in [-0.4, -0.2) is 36.1 Å². The van der Waals surface area contributed by atoms with Crippen molar-refractivity contribution in [2.75, 3.05) is 13.2 Å². The summed E-state index contributed by atoms with van der Waals surface area (Å²) in [5.74, 6) is -2.39. The molecule has 0 aromatic rings. The number of carboxylic acids is 1. The zero-order chi connectivity index (χ0) is 14.3. The molecule has 2 atom stereocenters. The number of ether oxygens (including phenoxy) is 1. The highest BCUT2D eigenvalue weighted by molar-refractivity contribution is 5.85. The highest BCUT2D eigenvalue weighted by Crippen LogP contribution is 2.31. The van der Waals surface area contributed by atoms with Crippen LogP contribution in [0.2, 0.25) is 0 Å². The summed E-state index contributed by atoms with van der Waals surface area (Å²) in [7, 11) is 0. The van der Waals surface area contributed by atoms with Crippen molar-refractivity contribution in [2.45, 2.75) is 39.0 Å². The molecule has 0 unspecified atom stereocenters. The van der Waals surface area contributed by atoms with Crippen LogP contribution in [0.1, 0.15) is 39.0 Å². The Morgan fingerprint density at radius 3 is 2.58 bits per heavy atom. The van der Waals surface area contributed by atoms with E-state index in [-0.39, 0.29) is 18.3 Å². The third-order valence-electron chi connectivity index (χ3n) is 3.33. The van der Waals surface area contributed by atoms with Crippen molar-refractivity contribution in [1.29, 1.82) is 0 Å². The first kappa shape index (κ1) is 15.5. The molecule has 0 spiro atoms. The largest absolute Gasteiger partial charge is 0.481 e. The molecule has 0 bridgehead atoms. The van der Waals surface area contributed by atoms with Gasteiger partial charge in [0.2, 0.25) is 5.91 Å². The summed E-state index contributed by atoms with van der Waals surface area (Å²) in [6.07, 6.45) is 2.74. The van der Waals surface area contributed by atoms with Crippen molar-refractivity contribution in [2.24, 2.45) is 11.8 Å². The molecule has 1 fully saturated rings. The second kappa shape index (κ2) is 7.76. The smallest absolute Gasteiger partial charge is 0.307 e. The Hall–Kier alpha value is -1.59. The molecule has 6 heteroatoms. The maximum Gasteiger partial charge on any atom is 0.307 e. The second-order valence-electron chi connectivity index (χ2n) is 4.68. The first-order valence-electron chi connectivity index (χ1n) is 6.72. The highest BCUT2D eigenvalue weighted by atomic mass is 16.5. The Morgan fingerprint density at radius 2 is 1.95 bits per heavy atom. The van der Waals surface area contributed by atoms with E-state index in [1.165, 1.54) is 0 Å². The fourth-order valence-corrected chi connectivity index (χ4v) is 2.38. The minimum atomic E-state index is -0.899. The normalized spacial score (nSPS) is 21.9. The Kier molecular flexibility index (Phi) is 6.32. The van der Waals surface area contributed by atoms with Crippen molar-refractivity contribution in [3.05, 3.63) is 0 Å². The van der Waals surface area contributed by atoms with E-state index in [9.17, 15) is 14.4 Å². The zero-order valence-electron chi connectivity index (χ0n) is 11.2. The number of aliphatic carboxylic acids is 1. The van der Waals surface area contributed by atoms with Gasteiger partial charge in [-0.2, -0.15) is 0 Å². The molecule has 1 aliphatic carbocycles. The first-order chi connectivity index (χ1) is 9.06. The predicted octanol–water partition coefficient (Wildman–Crippen LogP) is 0.947. The summed E-state index contributed by atoms with van der Waals surface area (Å²) >= 11 is 0. The molecule has 1 aliphatic rings. The topological polar surface area (TPSA) is 92.7 Å². The van der Waals surface area contributed by atoms with E-state index in [2.05, 4.69) is 5.32 Å². The maximum atomic E-state index is 11.8. The highest BCUT2D eigenvalue weighted by Gasteiger charge is 2.37. The van der Waals surface area contributed by atoms with Crippen LogP contribution in [0.3, 0.4) is 0 Å². The fourth-order valence-electron chi connectivity index (χ4n) is 2.38. The van der Waals surface area contributed by atoms with Crippen molar-refractivity contribution < 1.29 is 24.2 Å². The van der Waals surface area contributed by atoms with Gasteiger partial charge in [-0.3, -0.25) is 14.4 Å². The monoisotopic (exact) mass is 271 g/mol. The second-order valence-corrected chi connectivity index (χ2v) is 4.68. The Bertz CT molecular complexity index is 342. The number of carbonyl (C=O) groups is 3. The number of rotatable bonds is 7. The lowest BCUT2D eigenvalue weighted by molar-refractivity contribution is -0.146. The van der Waals surface area contributed by atoms with Gasteiger partial charge in [-0.05, 0) is 26.2 Å². The summed E-state index contributed by atoms with van der Waals surface area (Å²) < 4.78 is 4.77. The van der Waals surface area contributed by atoms with Gasteiger partial charge in [-0.25, -0.2) is 0 Å². The molecule has 0 aliphatic heterocycles. The molecule has 19 heavy (non-hydrogen) atoms. The third kappa shape index (κ3) is 4.89. The number of nitrogens with one attached hydrogen (secondary N) is 1. The van der Waals surface area contributed by atoms with E-state index in [0.717, 1.165) is 6.42 Å². The Labute approximate surface area is 112 Å². The molecule has 0 saturated heterocycles.